The van der Waals surface area contributed by atoms with Gasteiger partial charge in [0.05, 0.1) is 16.8 Å². The van der Waals surface area contributed by atoms with Gasteiger partial charge < -0.3 is 5.11 Å². The second kappa shape index (κ2) is 5.24. The molecule has 0 aliphatic heterocycles. The van der Waals surface area contributed by atoms with Gasteiger partial charge in [-0.05, 0) is 31.2 Å². The molecule has 1 aromatic heterocycles. The summed E-state index contributed by atoms with van der Waals surface area (Å²) in [6.07, 6.45) is -4.38. The fraction of sp³-hybridized carbons (Fsp3) is 0.231. The highest BCUT2D eigenvalue weighted by Crippen LogP contribution is 2.36. The molecule has 106 valence electrons. The highest BCUT2D eigenvalue weighted by Gasteiger charge is 2.31. The second-order valence-corrected chi connectivity index (χ2v) is 5.99. The molecule has 0 aliphatic carbocycles. The van der Waals surface area contributed by atoms with Crippen LogP contribution in [0.1, 0.15) is 11.3 Å². The lowest BCUT2D eigenvalue weighted by molar-refractivity contribution is -0.137. The summed E-state index contributed by atoms with van der Waals surface area (Å²) in [5.74, 6) is -1.06. The largest absolute Gasteiger partial charge is 0.477 e. The van der Waals surface area contributed by atoms with Crippen molar-refractivity contribution in [1.82, 2.24) is 4.98 Å². The number of alkyl halides is 3. The first-order chi connectivity index (χ1) is 9.27. The Morgan fingerprint density at radius 3 is 2.40 bits per heavy atom. The van der Waals surface area contributed by atoms with E-state index in [2.05, 4.69) is 4.98 Å². The van der Waals surface area contributed by atoms with Crippen LogP contribution in [0.2, 0.25) is 0 Å². The number of benzene rings is 1. The van der Waals surface area contributed by atoms with E-state index in [4.69, 9.17) is 5.11 Å². The number of nitrogens with zero attached hydrogens (tertiary/aromatic N) is 1. The number of rotatable bonds is 3. The number of carboxylic acid groups (broad SMARTS) is 1. The zero-order valence-corrected chi connectivity index (χ0v) is 11.3. The summed E-state index contributed by atoms with van der Waals surface area (Å²) in [6, 6.07) is 4.62. The summed E-state index contributed by atoms with van der Waals surface area (Å²) in [6.45, 7) is 1.74. The number of halogens is 3. The summed E-state index contributed by atoms with van der Waals surface area (Å²) < 4.78 is 37.5. The highest BCUT2D eigenvalue weighted by molar-refractivity contribution is 7.33. The molecule has 0 saturated heterocycles. The average molecular weight is 302 g/mol. The van der Waals surface area contributed by atoms with Crippen molar-refractivity contribution >= 4 is 16.4 Å². The van der Waals surface area contributed by atoms with E-state index in [1.807, 2.05) is 0 Å². The molecule has 1 unspecified atom stereocenters. The predicted molar refractivity (Wildman–Crippen MR) is 69.5 cm³/mol. The Hall–Kier alpha value is -1.89. The number of aryl methyl sites for hydroxylation is 1. The van der Waals surface area contributed by atoms with Crippen LogP contribution >= 0.6 is 10.5 Å². The van der Waals surface area contributed by atoms with Crippen molar-refractivity contribution in [2.75, 3.05) is 0 Å². The third kappa shape index (κ3) is 3.16. The van der Waals surface area contributed by atoms with Gasteiger partial charge in [0.15, 0.2) is 5.38 Å². The average Bonchev–Trinajstić information content (AvgIpc) is 2.68. The first-order valence-electron chi connectivity index (χ1n) is 5.63. The smallest absolute Gasteiger partial charge is 0.416 e. The number of hydrogen-bond donors (Lipinski definition) is 1. The monoisotopic (exact) mass is 302 g/mol. The van der Waals surface area contributed by atoms with Crippen molar-refractivity contribution in [3.8, 4) is 10.6 Å². The molecule has 0 saturated carbocycles. The highest BCUT2D eigenvalue weighted by atomic mass is 32.2. The number of aliphatic carboxylic acids is 1. The summed E-state index contributed by atoms with van der Waals surface area (Å²) in [4.78, 5) is 15.0. The molecule has 2 aromatic rings. The summed E-state index contributed by atoms with van der Waals surface area (Å²) in [7, 11) is -0.697. The van der Waals surface area contributed by atoms with E-state index in [1.165, 1.54) is 12.1 Å². The lowest BCUT2D eigenvalue weighted by atomic mass is 10.1. The van der Waals surface area contributed by atoms with Crippen LogP contribution in [-0.4, -0.2) is 16.1 Å². The van der Waals surface area contributed by atoms with Gasteiger partial charge in [0, 0.05) is 10.5 Å². The first kappa shape index (κ1) is 14.5. The van der Waals surface area contributed by atoms with E-state index in [0.717, 1.165) is 12.1 Å². The fourth-order valence-corrected chi connectivity index (χ4v) is 3.53. The Morgan fingerprint density at radius 1 is 1.30 bits per heavy atom. The van der Waals surface area contributed by atoms with Crippen molar-refractivity contribution in [1.29, 1.82) is 0 Å². The Bertz CT molecular complexity index is 632. The molecule has 1 heterocycles. The molecule has 3 nitrogen and oxygen atoms in total. The first-order valence-corrected chi connectivity index (χ1v) is 7.09. The number of thiazole rings is 1. The van der Waals surface area contributed by atoms with Crippen LogP contribution in [0.15, 0.2) is 29.6 Å². The normalized spacial score (nSPS) is 12.5. The maximum Gasteiger partial charge on any atom is 0.416 e. The van der Waals surface area contributed by atoms with Crippen molar-refractivity contribution < 1.29 is 23.1 Å². The van der Waals surface area contributed by atoms with Crippen LogP contribution in [0.4, 0.5) is 13.2 Å². The zero-order chi connectivity index (χ0) is 14.9. The standard InChI is InChI=1S/C13H10F3NO2S/c1-8-6-20(7-11(18)19)12(17-8)9-2-4-10(5-3-9)13(14,15)16/h2-6H,7H2,1H3/p+1. The number of hydrogen-bond acceptors (Lipinski definition) is 2. The molecule has 0 aliphatic rings. The van der Waals surface area contributed by atoms with E-state index in [-0.39, 0.29) is 5.75 Å². The van der Waals surface area contributed by atoms with E-state index in [1.54, 1.807) is 12.3 Å². The predicted octanol–water partition coefficient (Wildman–Crippen LogP) is 3.91. The zero-order valence-electron chi connectivity index (χ0n) is 10.4. The minimum Gasteiger partial charge on any atom is -0.477 e. The molecule has 1 N–H and O–H groups in total. The van der Waals surface area contributed by atoms with Gasteiger partial charge in [-0.25, -0.2) is 4.79 Å². The molecule has 0 spiro atoms. The Kier molecular flexibility index (Phi) is 3.80. The minimum atomic E-state index is -4.38. The number of carboxylic acids is 1. The van der Waals surface area contributed by atoms with Gasteiger partial charge in [0.2, 0.25) is 5.75 Å². The van der Waals surface area contributed by atoms with Gasteiger partial charge in [-0.15, -0.1) is 0 Å². The van der Waals surface area contributed by atoms with Crippen molar-refractivity contribution in [2.24, 2.45) is 0 Å². The molecule has 7 heteroatoms. The molecular formula is C13H11F3NO2S+. The van der Waals surface area contributed by atoms with E-state index >= 15 is 0 Å². The van der Waals surface area contributed by atoms with E-state index < -0.39 is 28.2 Å². The molecular weight excluding hydrogens is 291 g/mol. The van der Waals surface area contributed by atoms with Crippen LogP contribution < -0.4 is 0 Å². The van der Waals surface area contributed by atoms with Gasteiger partial charge in [0.1, 0.15) is 0 Å². The van der Waals surface area contributed by atoms with Crippen LogP contribution in [0.3, 0.4) is 0 Å². The quantitative estimate of drug-likeness (QED) is 0.875. The molecule has 1 atom stereocenters. The molecule has 0 radical (unpaired) electrons. The lowest BCUT2D eigenvalue weighted by Gasteiger charge is -2.05. The number of carbonyl (C=O) groups is 1. The Morgan fingerprint density at radius 2 is 1.90 bits per heavy atom. The van der Waals surface area contributed by atoms with Crippen LogP contribution in [0.25, 0.3) is 10.6 Å². The lowest BCUT2D eigenvalue weighted by Crippen LogP contribution is -2.04. The van der Waals surface area contributed by atoms with Crippen LogP contribution in [0, 0.1) is 6.92 Å². The maximum atomic E-state index is 12.5. The number of aromatic nitrogens is 1. The van der Waals surface area contributed by atoms with Crippen LogP contribution in [0.5, 0.6) is 0 Å². The van der Waals surface area contributed by atoms with E-state index in [9.17, 15) is 18.0 Å². The van der Waals surface area contributed by atoms with E-state index in [0.29, 0.717) is 16.3 Å². The van der Waals surface area contributed by atoms with Gasteiger partial charge in [-0.3, -0.25) is 0 Å². The second-order valence-electron chi connectivity index (χ2n) is 4.22. The molecule has 20 heavy (non-hydrogen) atoms. The van der Waals surface area contributed by atoms with Crippen LogP contribution in [-0.2, 0) is 16.7 Å². The van der Waals surface area contributed by atoms with Crippen molar-refractivity contribution in [3.05, 3.63) is 40.9 Å². The molecule has 1 aromatic carbocycles. The molecule has 2 rings (SSSR count). The van der Waals surface area contributed by atoms with Gasteiger partial charge in [-0.1, -0.05) is 0 Å². The SMILES string of the molecule is Cc1c[s+](CC(=O)O)c(-c2ccc(C(F)(F)F)cc2)n1. The third-order valence-electron chi connectivity index (χ3n) is 2.58. The molecule has 0 bridgehead atoms. The van der Waals surface area contributed by atoms with Gasteiger partial charge >= 0.3 is 12.1 Å². The van der Waals surface area contributed by atoms with Gasteiger partial charge in [-0.2, -0.15) is 18.2 Å². The van der Waals surface area contributed by atoms with Crippen molar-refractivity contribution in [2.45, 2.75) is 18.9 Å². The van der Waals surface area contributed by atoms with Gasteiger partial charge in [0.25, 0.3) is 5.01 Å². The minimum absolute atomic E-state index is 0.100. The Labute approximate surface area is 115 Å². The van der Waals surface area contributed by atoms with Crippen molar-refractivity contribution in [3.63, 3.8) is 0 Å². The summed E-state index contributed by atoms with van der Waals surface area (Å²) >= 11 is 0. The third-order valence-corrected chi connectivity index (χ3v) is 4.58. The topological polar surface area (TPSA) is 50.2 Å². The maximum absolute atomic E-state index is 12.5. The Balaban J connectivity index is 2.39. The summed E-state index contributed by atoms with van der Waals surface area (Å²) in [5, 5.41) is 11.1. The summed E-state index contributed by atoms with van der Waals surface area (Å²) in [5.41, 5.74) is 0.475. The molecule has 0 fully saturated rings. The molecule has 0 amide bonds. The fourth-order valence-electron chi connectivity index (χ4n) is 1.77.